The predicted molar refractivity (Wildman–Crippen MR) is 119 cm³/mol. The zero-order valence-corrected chi connectivity index (χ0v) is 20.9. The zero-order valence-electron chi connectivity index (χ0n) is 19.9. The average molecular weight is 431 g/mol. The van der Waals surface area contributed by atoms with Crippen LogP contribution in [0.3, 0.4) is 0 Å². The van der Waals surface area contributed by atoms with Crippen molar-refractivity contribution in [2.75, 3.05) is 0 Å². The van der Waals surface area contributed by atoms with Gasteiger partial charge in [-0.3, -0.25) is 4.79 Å². The molecule has 0 aromatic carbocycles. The number of ketones is 1. The van der Waals surface area contributed by atoms with Gasteiger partial charge in [0.05, 0.1) is 5.60 Å². The van der Waals surface area contributed by atoms with Gasteiger partial charge < -0.3 is 4.43 Å². The molecule has 2 aliphatic carbocycles. The van der Waals surface area contributed by atoms with Crippen molar-refractivity contribution in [3.05, 3.63) is 0 Å². The van der Waals surface area contributed by atoms with Crippen LogP contribution in [0.5, 0.6) is 0 Å². The van der Waals surface area contributed by atoms with E-state index in [1.54, 1.807) is 6.92 Å². The van der Waals surface area contributed by atoms with Gasteiger partial charge in [0.1, 0.15) is 5.78 Å². The number of hydrogen-bond acceptors (Lipinski definition) is 2. The maximum absolute atomic E-state index is 15.4. The number of Topliss-reactive ketones (excluding diaryl/α,β-unsaturated/α-hetero) is 1. The molecule has 0 bridgehead atoms. The van der Waals surface area contributed by atoms with Crippen molar-refractivity contribution in [1.29, 1.82) is 0 Å². The normalized spacial score (nSPS) is 29.8. The lowest BCUT2D eigenvalue weighted by Crippen LogP contribution is -2.46. The fraction of sp³-hybridized carbons (Fsp3) is 0.958. The van der Waals surface area contributed by atoms with Gasteiger partial charge in [0, 0.05) is 24.7 Å². The maximum Gasteiger partial charge on any atom is 0.251 e. The minimum atomic E-state index is -2.72. The molecule has 0 spiro atoms. The first kappa shape index (κ1) is 25.0. The van der Waals surface area contributed by atoms with Crippen LogP contribution in [-0.2, 0) is 9.22 Å². The molecule has 0 unspecified atom stereocenters. The molecule has 4 atom stereocenters. The Morgan fingerprint density at radius 3 is 2.28 bits per heavy atom. The molecule has 2 aliphatic rings. The zero-order chi connectivity index (χ0) is 22.1. The second-order valence-corrected chi connectivity index (χ2v) is 15.4. The molecule has 0 radical (unpaired) electrons. The molecule has 2 rings (SSSR count). The SMILES string of the molecule is CC[Si](CC)(CC)OC(C)(C)CCC(F)(F)[C@@H](C)[C@H]1CC[C@H]2C(=O)CCC[C@]12C. The van der Waals surface area contributed by atoms with Crippen LogP contribution in [0.1, 0.15) is 93.4 Å². The number of rotatable bonds is 10. The van der Waals surface area contributed by atoms with Crippen molar-refractivity contribution in [3.63, 3.8) is 0 Å². The fourth-order valence-corrected chi connectivity index (χ4v) is 9.59. The molecule has 170 valence electrons. The lowest BCUT2D eigenvalue weighted by molar-refractivity contribution is -0.136. The highest BCUT2D eigenvalue weighted by molar-refractivity contribution is 6.73. The third-order valence-corrected chi connectivity index (χ3v) is 13.5. The maximum atomic E-state index is 15.4. The van der Waals surface area contributed by atoms with Crippen LogP contribution in [0, 0.1) is 23.2 Å². The smallest absolute Gasteiger partial charge is 0.251 e. The number of alkyl halides is 2. The van der Waals surface area contributed by atoms with Crippen LogP contribution < -0.4 is 0 Å². The van der Waals surface area contributed by atoms with Crippen molar-refractivity contribution >= 4 is 14.1 Å². The molecule has 0 N–H and O–H groups in total. The molecule has 2 fully saturated rings. The van der Waals surface area contributed by atoms with Crippen LogP contribution in [0.2, 0.25) is 18.1 Å². The number of carbonyl (C=O) groups is 1. The minimum absolute atomic E-state index is 0.00422. The third-order valence-electron chi connectivity index (χ3n) is 8.69. The van der Waals surface area contributed by atoms with E-state index in [9.17, 15) is 4.79 Å². The molecule has 29 heavy (non-hydrogen) atoms. The van der Waals surface area contributed by atoms with E-state index in [1.165, 1.54) is 0 Å². The van der Waals surface area contributed by atoms with Crippen LogP contribution in [0.4, 0.5) is 8.78 Å². The topological polar surface area (TPSA) is 26.3 Å². The third kappa shape index (κ3) is 5.14. The standard InChI is InChI=1S/C24H44F2O2Si/c1-8-29(9-2,10-3)28-22(5,6)16-17-24(25,26)18(4)19-13-14-20-21(27)12-11-15-23(19,20)7/h18-20H,8-17H2,1-7H3/t18-,19+,20-,23+/m0/s1. The number of hydrogen-bond donors (Lipinski definition) is 0. The molecule has 0 amide bonds. The lowest BCUT2D eigenvalue weighted by atomic mass is 9.61. The molecular formula is C24H44F2O2Si. The van der Waals surface area contributed by atoms with Crippen molar-refractivity contribution in [2.45, 2.75) is 123 Å². The summed E-state index contributed by atoms with van der Waals surface area (Å²) in [4.78, 5) is 12.4. The first-order valence-corrected chi connectivity index (χ1v) is 14.5. The van der Waals surface area contributed by atoms with Gasteiger partial charge in [-0.05, 0) is 75.4 Å². The van der Waals surface area contributed by atoms with E-state index in [4.69, 9.17) is 4.43 Å². The van der Waals surface area contributed by atoms with Crippen molar-refractivity contribution in [1.82, 2.24) is 0 Å². The fourth-order valence-electron chi connectivity index (χ4n) is 6.38. The quantitative estimate of drug-likeness (QED) is 0.333. The summed E-state index contributed by atoms with van der Waals surface area (Å²) in [5.74, 6) is -3.16. The second kappa shape index (κ2) is 9.06. The van der Waals surface area contributed by atoms with Gasteiger partial charge in [0.15, 0.2) is 8.32 Å². The summed E-state index contributed by atoms with van der Waals surface area (Å²) in [6, 6.07) is 3.10. The second-order valence-electron chi connectivity index (χ2n) is 10.7. The summed E-state index contributed by atoms with van der Waals surface area (Å²) in [5.41, 5.74) is -0.751. The molecule has 0 saturated heterocycles. The van der Waals surface area contributed by atoms with E-state index < -0.39 is 25.8 Å². The van der Waals surface area contributed by atoms with E-state index in [0.29, 0.717) is 18.6 Å². The summed E-state index contributed by atoms with van der Waals surface area (Å²) in [6.45, 7) is 14.3. The average Bonchev–Trinajstić information content (AvgIpc) is 3.02. The highest BCUT2D eigenvalue weighted by Crippen LogP contribution is 2.59. The largest absolute Gasteiger partial charge is 0.412 e. The van der Waals surface area contributed by atoms with E-state index in [-0.39, 0.29) is 23.7 Å². The van der Waals surface area contributed by atoms with Gasteiger partial charge in [-0.2, -0.15) is 0 Å². The monoisotopic (exact) mass is 430 g/mol. The Labute approximate surface area is 178 Å². The summed E-state index contributed by atoms with van der Waals surface area (Å²) < 4.78 is 37.3. The first-order chi connectivity index (χ1) is 13.4. The molecule has 2 nitrogen and oxygen atoms in total. The first-order valence-electron chi connectivity index (χ1n) is 12.0. The number of fused-ring (bicyclic) bond motifs is 1. The molecule has 0 aliphatic heterocycles. The van der Waals surface area contributed by atoms with Crippen LogP contribution in [0.15, 0.2) is 0 Å². The lowest BCUT2D eigenvalue weighted by Gasteiger charge is -2.44. The Hall–Kier alpha value is -0.293. The van der Waals surface area contributed by atoms with Gasteiger partial charge >= 0.3 is 0 Å². The molecule has 0 heterocycles. The van der Waals surface area contributed by atoms with Gasteiger partial charge in [0.2, 0.25) is 0 Å². The Kier molecular flexibility index (Phi) is 7.80. The summed E-state index contributed by atoms with van der Waals surface area (Å²) in [7, 11) is -1.83. The molecule has 0 aromatic rings. The molecule has 2 saturated carbocycles. The Bertz CT molecular complexity index is 565. The molecule has 5 heteroatoms. The minimum Gasteiger partial charge on any atom is -0.412 e. The predicted octanol–water partition coefficient (Wildman–Crippen LogP) is 7.62. The Morgan fingerprint density at radius 2 is 1.72 bits per heavy atom. The summed E-state index contributed by atoms with van der Waals surface area (Å²) >= 11 is 0. The van der Waals surface area contributed by atoms with Crippen LogP contribution in [0.25, 0.3) is 0 Å². The van der Waals surface area contributed by atoms with E-state index in [2.05, 4.69) is 27.7 Å². The van der Waals surface area contributed by atoms with Crippen LogP contribution >= 0.6 is 0 Å². The Morgan fingerprint density at radius 1 is 1.14 bits per heavy atom. The van der Waals surface area contributed by atoms with E-state index in [1.807, 2.05) is 13.8 Å². The highest BCUT2D eigenvalue weighted by Gasteiger charge is 2.56. The van der Waals surface area contributed by atoms with E-state index in [0.717, 1.165) is 43.8 Å². The van der Waals surface area contributed by atoms with Gasteiger partial charge in [-0.15, -0.1) is 0 Å². The van der Waals surface area contributed by atoms with Crippen molar-refractivity contribution in [3.8, 4) is 0 Å². The molecule has 0 aromatic heterocycles. The van der Waals surface area contributed by atoms with Gasteiger partial charge in [0.25, 0.3) is 5.92 Å². The summed E-state index contributed by atoms with van der Waals surface area (Å²) in [6.07, 6.45) is 4.23. The van der Waals surface area contributed by atoms with Crippen molar-refractivity contribution in [2.24, 2.45) is 23.2 Å². The van der Waals surface area contributed by atoms with Gasteiger partial charge in [-0.25, -0.2) is 8.78 Å². The van der Waals surface area contributed by atoms with E-state index >= 15 is 8.78 Å². The highest BCUT2D eigenvalue weighted by atomic mass is 28.4. The van der Waals surface area contributed by atoms with Gasteiger partial charge in [-0.1, -0.05) is 34.6 Å². The Balaban J connectivity index is 2.06. The summed E-state index contributed by atoms with van der Waals surface area (Å²) in [5, 5.41) is 0. The molecular weight excluding hydrogens is 386 g/mol. The van der Waals surface area contributed by atoms with Crippen LogP contribution in [-0.4, -0.2) is 25.6 Å². The van der Waals surface area contributed by atoms with Crippen molar-refractivity contribution < 1.29 is 18.0 Å². The number of halogens is 2. The number of carbonyl (C=O) groups excluding carboxylic acids is 1.